The lowest BCUT2D eigenvalue weighted by Gasteiger charge is -2.04. The van der Waals surface area contributed by atoms with E-state index in [9.17, 15) is 0 Å². The maximum atomic E-state index is 2.46. The summed E-state index contributed by atoms with van der Waals surface area (Å²) >= 11 is 0. The lowest BCUT2D eigenvalue weighted by Crippen LogP contribution is -1.90. The molecule has 0 heteroatoms. The minimum Gasteiger partial charge on any atom is -0.0853 e. The Morgan fingerprint density at radius 3 is 2.91 bits per heavy atom. The van der Waals surface area contributed by atoms with Crippen LogP contribution in [0.1, 0.15) is 39.5 Å². The van der Waals surface area contributed by atoms with E-state index < -0.39 is 0 Å². The van der Waals surface area contributed by atoms with Crippen LogP contribution >= 0.6 is 0 Å². The quantitative estimate of drug-likeness (QED) is 0.529. The highest BCUT2D eigenvalue weighted by atomic mass is 14.5. The third-order valence-corrected chi connectivity index (χ3v) is 3.43. The summed E-state index contributed by atoms with van der Waals surface area (Å²) in [5.74, 6) is 3.30. The van der Waals surface area contributed by atoms with E-state index in [0.29, 0.717) is 0 Å². The first-order valence-electron chi connectivity index (χ1n) is 4.98. The largest absolute Gasteiger partial charge is 0.0853 e. The van der Waals surface area contributed by atoms with Crippen LogP contribution in [0.3, 0.4) is 0 Å². The van der Waals surface area contributed by atoms with E-state index >= 15 is 0 Å². The molecule has 3 atom stereocenters. The van der Waals surface area contributed by atoms with Gasteiger partial charge >= 0.3 is 0 Å². The van der Waals surface area contributed by atoms with Crippen LogP contribution < -0.4 is 0 Å². The number of rotatable bonds is 2. The Balaban J connectivity index is 1.89. The van der Waals surface area contributed by atoms with Crippen molar-refractivity contribution in [3.63, 3.8) is 0 Å². The van der Waals surface area contributed by atoms with Gasteiger partial charge in [-0.1, -0.05) is 31.4 Å². The molecule has 0 heterocycles. The number of fused-ring (bicyclic) bond motifs is 1. The van der Waals surface area contributed by atoms with Gasteiger partial charge in [0, 0.05) is 0 Å². The summed E-state index contributed by atoms with van der Waals surface area (Å²) in [4.78, 5) is 0. The zero-order chi connectivity index (χ0) is 7.84. The van der Waals surface area contributed by atoms with Gasteiger partial charge in [0.25, 0.3) is 0 Å². The van der Waals surface area contributed by atoms with E-state index in [1.807, 2.05) is 0 Å². The highest BCUT2D eigenvalue weighted by Crippen LogP contribution is 2.56. The zero-order valence-corrected chi connectivity index (χ0v) is 7.64. The van der Waals surface area contributed by atoms with E-state index in [-0.39, 0.29) is 0 Å². The molecule has 0 bridgehead atoms. The minimum atomic E-state index is 1.10. The predicted molar refractivity (Wildman–Crippen MR) is 48.4 cm³/mol. The molecule has 2 rings (SSSR count). The van der Waals surface area contributed by atoms with Crippen LogP contribution in [0.5, 0.6) is 0 Å². The predicted octanol–water partition coefficient (Wildman–Crippen LogP) is 3.39. The Bertz CT molecular complexity index is 178. The lowest BCUT2D eigenvalue weighted by molar-refractivity contribution is 0.627. The smallest absolute Gasteiger partial charge is 0.0289 e. The summed E-state index contributed by atoms with van der Waals surface area (Å²) in [5, 5.41) is 0. The molecule has 1 saturated carbocycles. The molecule has 11 heavy (non-hydrogen) atoms. The SMILES string of the molecule is CCCC1C2CC=C(C)CC21. The molecule has 1 fully saturated rings. The molecule has 3 unspecified atom stereocenters. The minimum absolute atomic E-state index is 1.10. The van der Waals surface area contributed by atoms with Gasteiger partial charge in [-0.15, -0.1) is 0 Å². The molecule has 0 nitrogen and oxygen atoms in total. The molecule has 0 saturated heterocycles. The lowest BCUT2D eigenvalue weighted by atomic mass is 10.0. The summed E-state index contributed by atoms with van der Waals surface area (Å²) in [5.41, 5.74) is 1.64. The van der Waals surface area contributed by atoms with Crippen molar-refractivity contribution < 1.29 is 0 Å². The van der Waals surface area contributed by atoms with Crippen molar-refractivity contribution in [2.24, 2.45) is 17.8 Å². The van der Waals surface area contributed by atoms with E-state index in [0.717, 1.165) is 17.8 Å². The van der Waals surface area contributed by atoms with Crippen molar-refractivity contribution in [1.29, 1.82) is 0 Å². The first-order valence-corrected chi connectivity index (χ1v) is 4.98. The summed E-state index contributed by atoms with van der Waals surface area (Å²) in [6.07, 6.45) is 8.13. The standard InChI is InChI=1S/C11H18/c1-3-4-9-10-6-5-8(2)7-11(9)10/h5,9-11H,3-4,6-7H2,1-2H3. The van der Waals surface area contributed by atoms with Gasteiger partial charge in [0.05, 0.1) is 0 Å². The van der Waals surface area contributed by atoms with Gasteiger partial charge in [-0.25, -0.2) is 0 Å². The summed E-state index contributed by atoms with van der Waals surface area (Å²) in [6.45, 7) is 4.60. The zero-order valence-electron chi connectivity index (χ0n) is 7.64. The average molecular weight is 150 g/mol. The Morgan fingerprint density at radius 2 is 2.27 bits per heavy atom. The fourth-order valence-corrected chi connectivity index (χ4v) is 2.73. The molecular weight excluding hydrogens is 132 g/mol. The van der Waals surface area contributed by atoms with Gasteiger partial charge in [0.2, 0.25) is 0 Å². The molecule has 0 spiro atoms. The second-order valence-corrected chi connectivity index (χ2v) is 4.27. The second-order valence-electron chi connectivity index (χ2n) is 4.27. The third kappa shape index (κ3) is 1.23. The monoisotopic (exact) mass is 150 g/mol. The maximum absolute atomic E-state index is 2.46. The summed E-state index contributed by atoms with van der Waals surface area (Å²) in [7, 11) is 0. The number of hydrogen-bond acceptors (Lipinski definition) is 0. The second kappa shape index (κ2) is 2.66. The van der Waals surface area contributed by atoms with Gasteiger partial charge in [-0.3, -0.25) is 0 Å². The van der Waals surface area contributed by atoms with Crippen LogP contribution in [-0.4, -0.2) is 0 Å². The molecule has 0 aromatic heterocycles. The van der Waals surface area contributed by atoms with E-state index in [2.05, 4.69) is 19.9 Å². The van der Waals surface area contributed by atoms with E-state index in [4.69, 9.17) is 0 Å². The molecule has 0 aromatic rings. The summed E-state index contributed by atoms with van der Waals surface area (Å²) < 4.78 is 0. The average Bonchev–Trinajstić information content (AvgIpc) is 2.64. The van der Waals surface area contributed by atoms with Crippen LogP contribution in [0.4, 0.5) is 0 Å². The molecule has 2 aliphatic rings. The Morgan fingerprint density at radius 1 is 1.45 bits per heavy atom. The van der Waals surface area contributed by atoms with Crippen LogP contribution in [0.2, 0.25) is 0 Å². The Kier molecular flexibility index (Phi) is 1.78. The molecule has 0 radical (unpaired) electrons. The molecule has 2 aliphatic carbocycles. The van der Waals surface area contributed by atoms with Gasteiger partial charge < -0.3 is 0 Å². The van der Waals surface area contributed by atoms with Crippen LogP contribution in [-0.2, 0) is 0 Å². The van der Waals surface area contributed by atoms with Crippen molar-refractivity contribution in [3.8, 4) is 0 Å². The van der Waals surface area contributed by atoms with Gasteiger partial charge in [0.15, 0.2) is 0 Å². The molecular formula is C11H18. The molecule has 0 N–H and O–H groups in total. The van der Waals surface area contributed by atoms with Crippen molar-refractivity contribution in [2.75, 3.05) is 0 Å². The highest BCUT2D eigenvalue weighted by Gasteiger charge is 2.48. The fourth-order valence-electron chi connectivity index (χ4n) is 2.73. The first kappa shape index (κ1) is 7.39. The fraction of sp³-hybridized carbons (Fsp3) is 0.818. The number of hydrogen-bond donors (Lipinski definition) is 0. The highest BCUT2D eigenvalue weighted by molar-refractivity contribution is 5.14. The van der Waals surface area contributed by atoms with Crippen molar-refractivity contribution >= 4 is 0 Å². The molecule has 62 valence electrons. The Hall–Kier alpha value is -0.260. The normalized spacial score (nSPS) is 41.3. The van der Waals surface area contributed by atoms with Gasteiger partial charge in [0.1, 0.15) is 0 Å². The first-order chi connectivity index (χ1) is 5.33. The van der Waals surface area contributed by atoms with Gasteiger partial charge in [-0.05, 0) is 37.5 Å². The third-order valence-electron chi connectivity index (χ3n) is 3.43. The van der Waals surface area contributed by atoms with Crippen LogP contribution in [0.15, 0.2) is 11.6 Å². The number of allylic oxidation sites excluding steroid dienone is 2. The van der Waals surface area contributed by atoms with Crippen molar-refractivity contribution in [3.05, 3.63) is 11.6 Å². The maximum Gasteiger partial charge on any atom is -0.0289 e. The topological polar surface area (TPSA) is 0 Å². The molecule has 0 aliphatic heterocycles. The Labute approximate surface area is 69.7 Å². The van der Waals surface area contributed by atoms with Crippen LogP contribution in [0, 0.1) is 17.8 Å². The van der Waals surface area contributed by atoms with Crippen molar-refractivity contribution in [2.45, 2.75) is 39.5 Å². The van der Waals surface area contributed by atoms with Crippen molar-refractivity contribution in [1.82, 2.24) is 0 Å². The molecule has 0 amide bonds. The van der Waals surface area contributed by atoms with Gasteiger partial charge in [-0.2, -0.15) is 0 Å². The van der Waals surface area contributed by atoms with Crippen LogP contribution in [0.25, 0.3) is 0 Å². The van der Waals surface area contributed by atoms with E-state index in [1.165, 1.54) is 25.7 Å². The summed E-state index contributed by atoms with van der Waals surface area (Å²) in [6, 6.07) is 0. The van der Waals surface area contributed by atoms with E-state index in [1.54, 1.807) is 5.57 Å². The molecule has 0 aromatic carbocycles.